The van der Waals surface area contributed by atoms with Crippen molar-refractivity contribution in [3.63, 3.8) is 0 Å². The Bertz CT molecular complexity index is 332. The fourth-order valence-electron chi connectivity index (χ4n) is 3.01. The van der Waals surface area contributed by atoms with E-state index < -0.39 is 0 Å². The quantitative estimate of drug-likeness (QED) is 0.826. The fraction of sp³-hybridized carbons (Fsp3) is 0.600. The second kappa shape index (κ2) is 5.49. The van der Waals surface area contributed by atoms with E-state index >= 15 is 0 Å². The summed E-state index contributed by atoms with van der Waals surface area (Å²) in [6.45, 7) is 3.04. The largest absolute Gasteiger partial charge is 0.330 e. The molecule has 2 rings (SSSR count). The number of benzene rings is 1. The van der Waals surface area contributed by atoms with Crippen molar-refractivity contribution < 1.29 is 0 Å². The van der Waals surface area contributed by atoms with Crippen LogP contribution in [0.2, 0.25) is 0 Å². The molecule has 2 N–H and O–H groups in total. The molecule has 2 atom stereocenters. The lowest BCUT2D eigenvalue weighted by atomic mass is 9.76. The van der Waals surface area contributed by atoms with Crippen molar-refractivity contribution in [2.75, 3.05) is 6.54 Å². The number of hydrogen-bond donors (Lipinski definition) is 1. The molecular formula is C15H23N. The lowest BCUT2D eigenvalue weighted by Crippen LogP contribution is -2.28. The van der Waals surface area contributed by atoms with Crippen LogP contribution in [-0.4, -0.2) is 6.54 Å². The summed E-state index contributed by atoms with van der Waals surface area (Å²) >= 11 is 0. The van der Waals surface area contributed by atoms with Crippen molar-refractivity contribution >= 4 is 0 Å². The lowest BCUT2D eigenvalue weighted by Gasteiger charge is -2.30. The first-order valence-electron chi connectivity index (χ1n) is 6.55. The molecule has 0 amide bonds. The van der Waals surface area contributed by atoms with Crippen molar-refractivity contribution in [2.24, 2.45) is 17.6 Å². The number of nitrogens with two attached hydrogens (primary N) is 1. The molecule has 0 radical (unpaired) electrons. The number of hydrogen-bond acceptors (Lipinski definition) is 1. The first-order chi connectivity index (χ1) is 7.79. The molecule has 2 unspecified atom stereocenters. The van der Waals surface area contributed by atoms with Crippen molar-refractivity contribution in [2.45, 2.75) is 39.0 Å². The highest BCUT2D eigenvalue weighted by atomic mass is 14.6. The van der Waals surface area contributed by atoms with E-state index in [1.165, 1.54) is 43.2 Å². The van der Waals surface area contributed by atoms with Gasteiger partial charge in [-0.2, -0.15) is 0 Å². The van der Waals surface area contributed by atoms with Crippen LogP contribution in [0.25, 0.3) is 0 Å². The summed E-state index contributed by atoms with van der Waals surface area (Å²) in [5.41, 5.74) is 8.74. The van der Waals surface area contributed by atoms with Crippen LogP contribution >= 0.6 is 0 Å². The second-order valence-electron chi connectivity index (χ2n) is 5.23. The van der Waals surface area contributed by atoms with Crippen LogP contribution in [0.1, 0.15) is 36.8 Å². The molecule has 0 spiro atoms. The SMILES string of the molecule is Cc1cccc(CC2CCCCC2CN)c1. The Morgan fingerprint density at radius 1 is 1.19 bits per heavy atom. The van der Waals surface area contributed by atoms with Crippen LogP contribution in [0.15, 0.2) is 24.3 Å². The monoisotopic (exact) mass is 217 g/mol. The number of rotatable bonds is 3. The molecule has 1 saturated carbocycles. The molecule has 88 valence electrons. The normalized spacial score (nSPS) is 25.6. The standard InChI is InChI=1S/C15H23N/c1-12-5-4-6-13(9-12)10-14-7-2-3-8-15(14)11-16/h4-6,9,14-15H,2-3,7-8,10-11,16H2,1H3. The van der Waals surface area contributed by atoms with Gasteiger partial charge in [0.2, 0.25) is 0 Å². The minimum absolute atomic E-state index is 0.759. The van der Waals surface area contributed by atoms with E-state index in [1.54, 1.807) is 0 Å². The van der Waals surface area contributed by atoms with Crippen molar-refractivity contribution in [3.05, 3.63) is 35.4 Å². The maximum atomic E-state index is 5.88. The average Bonchev–Trinajstić information content (AvgIpc) is 2.30. The molecule has 0 aliphatic heterocycles. The molecule has 1 heteroatoms. The average molecular weight is 217 g/mol. The molecule has 1 fully saturated rings. The van der Waals surface area contributed by atoms with Gasteiger partial charge >= 0.3 is 0 Å². The number of aryl methyl sites for hydroxylation is 1. The summed E-state index contributed by atoms with van der Waals surface area (Å²) in [6.07, 6.45) is 6.71. The van der Waals surface area contributed by atoms with E-state index in [0.29, 0.717) is 0 Å². The van der Waals surface area contributed by atoms with Gasteiger partial charge in [0.25, 0.3) is 0 Å². The third-order valence-electron chi connectivity index (χ3n) is 3.95. The Morgan fingerprint density at radius 2 is 1.94 bits per heavy atom. The summed E-state index contributed by atoms with van der Waals surface area (Å²) in [6, 6.07) is 8.92. The molecule has 1 aromatic rings. The van der Waals surface area contributed by atoms with Crippen LogP contribution in [0.3, 0.4) is 0 Å². The van der Waals surface area contributed by atoms with Crippen LogP contribution < -0.4 is 5.73 Å². The maximum absolute atomic E-state index is 5.88. The van der Waals surface area contributed by atoms with Gasteiger partial charge < -0.3 is 5.73 Å². The molecule has 0 bridgehead atoms. The summed E-state index contributed by atoms with van der Waals surface area (Å²) in [4.78, 5) is 0. The predicted octanol–water partition coefficient (Wildman–Crippen LogP) is 3.30. The van der Waals surface area contributed by atoms with Gasteiger partial charge in [-0.1, -0.05) is 42.7 Å². The van der Waals surface area contributed by atoms with Crippen molar-refractivity contribution in [1.82, 2.24) is 0 Å². The van der Waals surface area contributed by atoms with Crippen LogP contribution in [0, 0.1) is 18.8 Å². The first-order valence-corrected chi connectivity index (χ1v) is 6.55. The second-order valence-corrected chi connectivity index (χ2v) is 5.23. The molecule has 0 aromatic heterocycles. The van der Waals surface area contributed by atoms with Crippen LogP contribution in [0.5, 0.6) is 0 Å². The summed E-state index contributed by atoms with van der Waals surface area (Å²) in [5.74, 6) is 1.58. The third-order valence-corrected chi connectivity index (χ3v) is 3.95. The zero-order valence-corrected chi connectivity index (χ0v) is 10.3. The van der Waals surface area contributed by atoms with Gasteiger partial charge in [-0.3, -0.25) is 0 Å². The Kier molecular flexibility index (Phi) is 4.00. The van der Waals surface area contributed by atoms with Gasteiger partial charge in [0.05, 0.1) is 0 Å². The highest BCUT2D eigenvalue weighted by Crippen LogP contribution is 2.31. The molecular weight excluding hydrogens is 194 g/mol. The van der Waals surface area contributed by atoms with E-state index in [2.05, 4.69) is 31.2 Å². The highest BCUT2D eigenvalue weighted by molar-refractivity contribution is 5.22. The smallest absolute Gasteiger partial charge is 0.00461 e. The van der Waals surface area contributed by atoms with Crippen molar-refractivity contribution in [1.29, 1.82) is 0 Å². The van der Waals surface area contributed by atoms with E-state index in [9.17, 15) is 0 Å². The Balaban J connectivity index is 2.02. The van der Waals surface area contributed by atoms with Crippen molar-refractivity contribution in [3.8, 4) is 0 Å². The van der Waals surface area contributed by atoms with Gasteiger partial charge in [-0.25, -0.2) is 0 Å². The maximum Gasteiger partial charge on any atom is -0.00461 e. The minimum atomic E-state index is 0.759. The molecule has 16 heavy (non-hydrogen) atoms. The molecule has 1 aliphatic rings. The third kappa shape index (κ3) is 2.85. The zero-order chi connectivity index (χ0) is 11.4. The van der Waals surface area contributed by atoms with Gasteiger partial charge in [-0.15, -0.1) is 0 Å². The Hall–Kier alpha value is -0.820. The van der Waals surface area contributed by atoms with Gasteiger partial charge in [0, 0.05) is 0 Å². The molecule has 1 nitrogen and oxygen atoms in total. The summed E-state index contributed by atoms with van der Waals surface area (Å²) in [7, 11) is 0. The molecule has 0 saturated heterocycles. The van der Waals surface area contributed by atoms with Gasteiger partial charge in [-0.05, 0) is 50.1 Å². The highest BCUT2D eigenvalue weighted by Gasteiger charge is 2.23. The molecule has 0 heterocycles. The summed E-state index contributed by atoms with van der Waals surface area (Å²) < 4.78 is 0. The summed E-state index contributed by atoms with van der Waals surface area (Å²) in [5, 5.41) is 0. The van der Waals surface area contributed by atoms with Gasteiger partial charge in [0.1, 0.15) is 0 Å². The lowest BCUT2D eigenvalue weighted by molar-refractivity contribution is 0.242. The van der Waals surface area contributed by atoms with Crippen LogP contribution in [-0.2, 0) is 6.42 Å². The van der Waals surface area contributed by atoms with E-state index in [-0.39, 0.29) is 0 Å². The topological polar surface area (TPSA) is 26.0 Å². The van der Waals surface area contributed by atoms with E-state index in [1.807, 2.05) is 0 Å². The van der Waals surface area contributed by atoms with E-state index in [0.717, 1.165) is 18.4 Å². The van der Waals surface area contributed by atoms with E-state index in [4.69, 9.17) is 5.73 Å². The first kappa shape index (κ1) is 11.7. The Morgan fingerprint density at radius 3 is 2.62 bits per heavy atom. The minimum Gasteiger partial charge on any atom is -0.330 e. The zero-order valence-electron chi connectivity index (χ0n) is 10.3. The predicted molar refractivity (Wildman–Crippen MR) is 69.4 cm³/mol. The van der Waals surface area contributed by atoms with Gasteiger partial charge in [0.15, 0.2) is 0 Å². The fourth-order valence-corrected chi connectivity index (χ4v) is 3.01. The molecule has 1 aromatic carbocycles. The molecule has 1 aliphatic carbocycles. The van der Waals surface area contributed by atoms with Crippen LogP contribution in [0.4, 0.5) is 0 Å². The Labute approximate surface area is 99.0 Å².